The quantitative estimate of drug-likeness (QED) is 0.909. The van der Waals surface area contributed by atoms with Crippen LogP contribution in [0.2, 0.25) is 0 Å². The molecule has 1 aromatic heterocycles. The van der Waals surface area contributed by atoms with Gasteiger partial charge in [-0.05, 0) is 48.6 Å². The maximum Gasteiger partial charge on any atom is 0.230 e. The lowest BCUT2D eigenvalue weighted by Crippen LogP contribution is -2.43. The summed E-state index contributed by atoms with van der Waals surface area (Å²) in [6.07, 6.45) is 4.04. The van der Waals surface area contributed by atoms with E-state index in [2.05, 4.69) is 4.98 Å². The van der Waals surface area contributed by atoms with Gasteiger partial charge in [0.05, 0.1) is 5.92 Å². The molecule has 2 aromatic rings. The van der Waals surface area contributed by atoms with Crippen molar-refractivity contribution in [1.29, 1.82) is 0 Å². The minimum Gasteiger partial charge on any atom is -0.396 e. The number of carbonyl (C=O) groups is 1. The number of hydrogen-bond acceptors (Lipinski definition) is 3. The number of hydrogen-bond donors (Lipinski definition) is 1. The Morgan fingerprint density at radius 1 is 1.28 bits per heavy atom. The molecule has 1 fully saturated rings. The number of rotatable bonds is 5. The van der Waals surface area contributed by atoms with Crippen molar-refractivity contribution in [3.8, 4) is 0 Å². The molecule has 0 saturated carbocycles. The zero-order valence-electron chi connectivity index (χ0n) is 14.1. The molecule has 25 heavy (non-hydrogen) atoms. The summed E-state index contributed by atoms with van der Waals surface area (Å²) in [4.78, 5) is 19.3. The Labute approximate surface area is 147 Å². The second-order valence-corrected chi connectivity index (χ2v) is 6.60. The fourth-order valence-electron chi connectivity index (χ4n) is 3.41. The van der Waals surface area contributed by atoms with E-state index < -0.39 is 5.92 Å². The van der Waals surface area contributed by atoms with E-state index in [0.29, 0.717) is 19.5 Å². The van der Waals surface area contributed by atoms with Gasteiger partial charge in [0.25, 0.3) is 0 Å². The molecular formula is C20H23FN2O2. The fraction of sp³-hybridized carbons (Fsp3) is 0.400. The van der Waals surface area contributed by atoms with Crippen LogP contribution in [0.15, 0.2) is 48.7 Å². The Morgan fingerprint density at radius 2 is 2.08 bits per heavy atom. The smallest absolute Gasteiger partial charge is 0.230 e. The molecule has 1 amide bonds. The van der Waals surface area contributed by atoms with E-state index in [4.69, 9.17) is 0 Å². The highest BCUT2D eigenvalue weighted by Gasteiger charge is 2.30. The molecule has 0 radical (unpaired) electrons. The van der Waals surface area contributed by atoms with Crippen molar-refractivity contribution in [2.45, 2.75) is 25.2 Å². The second-order valence-electron chi connectivity index (χ2n) is 6.60. The van der Waals surface area contributed by atoms with Crippen LogP contribution >= 0.6 is 0 Å². The van der Waals surface area contributed by atoms with E-state index >= 15 is 0 Å². The maximum atomic E-state index is 13.3. The first kappa shape index (κ1) is 17.5. The van der Waals surface area contributed by atoms with Gasteiger partial charge in [-0.1, -0.05) is 18.2 Å². The van der Waals surface area contributed by atoms with E-state index in [0.717, 1.165) is 24.1 Å². The average molecular weight is 342 g/mol. The Balaban J connectivity index is 1.84. The molecule has 3 rings (SSSR count). The van der Waals surface area contributed by atoms with Crippen LogP contribution in [-0.2, 0) is 11.2 Å². The van der Waals surface area contributed by atoms with Gasteiger partial charge < -0.3 is 10.0 Å². The fourth-order valence-corrected chi connectivity index (χ4v) is 3.41. The third-order valence-electron chi connectivity index (χ3n) is 4.80. The van der Waals surface area contributed by atoms with Crippen molar-refractivity contribution in [3.05, 3.63) is 65.7 Å². The summed E-state index contributed by atoms with van der Waals surface area (Å²) < 4.78 is 13.3. The average Bonchev–Trinajstić information content (AvgIpc) is 2.67. The van der Waals surface area contributed by atoms with Crippen LogP contribution in [-0.4, -0.2) is 40.6 Å². The molecule has 0 bridgehead atoms. The van der Waals surface area contributed by atoms with Gasteiger partial charge in [-0.15, -0.1) is 0 Å². The summed E-state index contributed by atoms with van der Waals surface area (Å²) in [6.45, 7) is 1.38. The summed E-state index contributed by atoms with van der Waals surface area (Å²) in [7, 11) is 0. The number of likely N-dealkylation sites (tertiary alicyclic amines) is 1. The standard InChI is InChI=1S/C20H23FN2O2/c21-17-8-6-16(7-9-17)19(12-18-5-1-2-10-22-18)20(25)23-11-3-4-15(13-23)14-24/h1-2,5-10,15,19,24H,3-4,11-14H2. The molecular weight excluding hydrogens is 319 g/mol. The number of piperidine rings is 1. The minimum atomic E-state index is -0.395. The van der Waals surface area contributed by atoms with Gasteiger partial charge in [0.1, 0.15) is 5.82 Å². The molecule has 2 unspecified atom stereocenters. The molecule has 1 aliphatic heterocycles. The lowest BCUT2D eigenvalue weighted by atomic mass is 9.90. The minimum absolute atomic E-state index is 0.0235. The van der Waals surface area contributed by atoms with E-state index in [-0.39, 0.29) is 24.2 Å². The number of halogens is 1. The highest BCUT2D eigenvalue weighted by atomic mass is 19.1. The Hall–Kier alpha value is -2.27. The predicted octanol–water partition coefficient (Wildman–Crippen LogP) is 2.78. The van der Waals surface area contributed by atoms with Gasteiger partial charge in [0.15, 0.2) is 0 Å². The largest absolute Gasteiger partial charge is 0.396 e. The number of aliphatic hydroxyl groups excluding tert-OH is 1. The molecule has 5 heteroatoms. The summed E-state index contributed by atoms with van der Waals surface area (Å²) >= 11 is 0. The Bertz CT molecular complexity index is 691. The lowest BCUT2D eigenvalue weighted by molar-refractivity contribution is -0.135. The van der Waals surface area contributed by atoms with E-state index in [1.54, 1.807) is 18.3 Å². The van der Waals surface area contributed by atoms with Crippen molar-refractivity contribution < 1.29 is 14.3 Å². The van der Waals surface area contributed by atoms with Crippen LogP contribution < -0.4 is 0 Å². The molecule has 2 atom stereocenters. The number of nitrogens with zero attached hydrogens (tertiary/aromatic N) is 2. The van der Waals surface area contributed by atoms with Crippen LogP contribution in [0.4, 0.5) is 4.39 Å². The second kappa shape index (κ2) is 8.21. The number of benzene rings is 1. The number of aliphatic hydroxyl groups is 1. The van der Waals surface area contributed by atoms with Crippen LogP contribution in [0.5, 0.6) is 0 Å². The predicted molar refractivity (Wildman–Crippen MR) is 93.5 cm³/mol. The summed E-state index contributed by atoms with van der Waals surface area (Å²) in [6, 6.07) is 11.8. The molecule has 4 nitrogen and oxygen atoms in total. The highest BCUT2D eigenvalue weighted by molar-refractivity contribution is 5.84. The molecule has 1 N–H and O–H groups in total. The number of amides is 1. The normalized spacial score (nSPS) is 18.8. The van der Waals surface area contributed by atoms with Crippen molar-refractivity contribution in [2.75, 3.05) is 19.7 Å². The summed E-state index contributed by atoms with van der Waals surface area (Å²) in [5, 5.41) is 9.42. The topological polar surface area (TPSA) is 53.4 Å². The van der Waals surface area contributed by atoms with Crippen LogP contribution in [0.25, 0.3) is 0 Å². The van der Waals surface area contributed by atoms with Crippen molar-refractivity contribution >= 4 is 5.91 Å². The van der Waals surface area contributed by atoms with Gasteiger partial charge in [0.2, 0.25) is 5.91 Å². The maximum absolute atomic E-state index is 13.3. The van der Waals surface area contributed by atoms with Crippen LogP contribution in [0, 0.1) is 11.7 Å². The first-order valence-corrected chi connectivity index (χ1v) is 8.72. The van der Waals surface area contributed by atoms with Gasteiger partial charge in [-0.2, -0.15) is 0 Å². The Kier molecular flexibility index (Phi) is 5.76. The summed E-state index contributed by atoms with van der Waals surface area (Å²) in [5.41, 5.74) is 1.63. The molecule has 132 valence electrons. The zero-order chi connectivity index (χ0) is 17.6. The molecule has 0 spiro atoms. The number of carbonyl (C=O) groups excluding carboxylic acids is 1. The van der Waals surface area contributed by atoms with Gasteiger partial charge >= 0.3 is 0 Å². The van der Waals surface area contributed by atoms with Crippen molar-refractivity contribution in [3.63, 3.8) is 0 Å². The van der Waals surface area contributed by atoms with Gasteiger partial charge in [0, 0.05) is 38.0 Å². The number of pyridine rings is 1. The number of aromatic nitrogens is 1. The first-order chi connectivity index (χ1) is 12.2. The third-order valence-corrected chi connectivity index (χ3v) is 4.80. The first-order valence-electron chi connectivity index (χ1n) is 8.72. The lowest BCUT2D eigenvalue weighted by Gasteiger charge is -2.34. The van der Waals surface area contributed by atoms with Gasteiger partial charge in [-0.3, -0.25) is 9.78 Å². The molecule has 1 saturated heterocycles. The van der Waals surface area contributed by atoms with Gasteiger partial charge in [-0.25, -0.2) is 4.39 Å². The van der Waals surface area contributed by atoms with Crippen molar-refractivity contribution in [2.24, 2.45) is 5.92 Å². The highest BCUT2D eigenvalue weighted by Crippen LogP contribution is 2.26. The van der Waals surface area contributed by atoms with E-state index in [9.17, 15) is 14.3 Å². The van der Waals surface area contributed by atoms with Crippen LogP contribution in [0.1, 0.15) is 30.0 Å². The molecule has 1 aromatic carbocycles. The third kappa shape index (κ3) is 4.42. The zero-order valence-corrected chi connectivity index (χ0v) is 14.1. The SMILES string of the molecule is O=C(C(Cc1ccccn1)c1ccc(F)cc1)N1CCCC(CO)C1. The molecule has 0 aliphatic carbocycles. The van der Waals surface area contributed by atoms with E-state index in [1.807, 2.05) is 23.1 Å². The molecule has 2 heterocycles. The molecule has 1 aliphatic rings. The van der Waals surface area contributed by atoms with Crippen LogP contribution in [0.3, 0.4) is 0 Å². The van der Waals surface area contributed by atoms with E-state index in [1.165, 1.54) is 12.1 Å². The Morgan fingerprint density at radius 3 is 2.76 bits per heavy atom. The van der Waals surface area contributed by atoms with Crippen molar-refractivity contribution in [1.82, 2.24) is 9.88 Å². The monoisotopic (exact) mass is 342 g/mol. The summed E-state index contributed by atoms with van der Waals surface area (Å²) in [5.74, 6) is -0.545.